The van der Waals surface area contributed by atoms with Crippen molar-refractivity contribution >= 4 is 27.7 Å². The number of amidine groups is 1. The van der Waals surface area contributed by atoms with E-state index in [1.807, 2.05) is 0 Å². The minimum atomic E-state index is -4.02. The van der Waals surface area contributed by atoms with E-state index in [0.29, 0.717) is 17.7 Å². The van der Waals surface area contributed by atoms with Gasteiger partial charge in [-0.25, -0.2) is 8.42 Å². The van der Waals surface area contributed by atoms with Crippen LogP contribution in [0.15, 0.2) is 64.6 Å². The number of methoxy groups -OCH3 is 1. The fraction of sp³-hybridized carbons (Fsp3) is 0.261. The van der Waals surface area contributed by atoms with E-state index in [4.69, 9.17) is 15.9 Å². The van der Waals surface area contributed by atoms with Crippen molar-refractivity contribution in [3.8, 4) is 5.75 Å². The summed E-state index contributed by atoms with van der Waals surface area (Å²) in [5.74, 6) is -0.593. The number of hydrogen-bond acceptors (Lipinski definition) is 6. The van der Waals surface area contributed by atoms with E-state index in [1.165, 1.54) is 19.2 Å². The molecule has 0 saturated heterocycles. The summed E-state index contributed by atoms with van der Waals surface area (Å²) in [5.41, 5.74) is 7.82. The number of nitrogen functional groups attached to an aromatic ring is 1. The summed E-state index contributed by atoms with van der Waals surface area (Å²) >= 11 is 0. The maximum Gasteiger partial charge on any atom is 0.265 e. The van der Waals surface area contributed by atoms with Crippen molar-refractivity contribution in [2.75, 3.05) is 13.7 Å². The molecule has 5 N–H and O–H groups in total. The third-order valence-electron chi connectivity index (χ3n) is 5.40. The van der Waals surface area contributed by atoms with E-state index in [-0.39, 0.29) is 41.7 Å². The average molecular weight is 486 g/mol. The van der Waals surface area contributed by atoms with Crippen LogP contribution in [0.1, 0.15) is 30.9 Å². The van der Waals surface area contributed by atoms with Gasteiger partial charge in [0.1, 0.15) is 11.6 Å². The molecular formula is C23H27N5O5S. The Bertz CT molecular complexity index is 1240. The van der Waals surface area contributed by atoms with Gasteiger partial charge >= 0.3 is 0 Å². The third-order valence-corrected chi connectivity index (χ3v) is 6.74. The first-order valence-electron chi connectivity index (χ1n) is 10.5. The van der Waals surface area contributed by atoms with Crippen LogP contribution in [0.25, 0.3) is 0 Å². The molecule has 0 radical (unpaired) electrons. The lowest BCUT2D eigenvalue weighted by atomic mass is 9.98. The molecule has 0 aliphatic carbocycles. The standard InChI is InChI=1S/C23H27N5O5S/c1-15-10-11-28(27-34(31,32)19-5-3-4-18(12-19)33-2)23(30)20(15)13-21(29)26-14-16-6-8-17(9-7-16)22(24)25/h3-9,12,27H,10-11,13-14H2,1-2H3,(H3,24,25)(H,26,29). The summed E-state index contributed by atoms with van der Waals surface area (Å²) < 4.78 is 30.6. The van der Waals surface area contributed by atoms with Gasteiger partial charge in [0.25, 0.3) is 15.9 Å². The molecular weight excluding hydrogens is 458 g/mol. The number of ether oxygens (including phenoxy) is 1. The summed E-state index contributed by atoms with van der Waals surface area (Å²) in [6, 6.07) is 12.8. The Kier molecular flexibility index (Phi) is 7.69. The highest BCUT2D eigenvalue weighted by atomic mass is 32.2. The second-order valence-corrected chi connectivity index (χ2v) is 9.46. The molecule has 180 valence electrons. The molecule has 3 rings (SSSR count). The Morgan fingerprint density at radius 3 is 2.56 bits per heavy atom. The highest BCUT2D eigenvalue weighted by Crippen LogP contribution is 2.23. The second-order valence-electron chi connectivity index (χ2n) is 7.80. The van der Waals surface area contributed by atoms with Crippen LogP contribution in [0.5, 0.6) is 5.75 Å². The number of carbonyl (C=O) groups is 2. The molecule has 1 heterocycles. The first-order valence-corrected chi connectivity index (χ1v) is 12.0. The molecule has 0 aromatic heterocycles. The smallest absolute Gasteiger partial charge is 0.265 e. The van der Waals surface area contributed by atoms with Gasteiger partial charge < -0.3 is 15.8 Å². The number of sulfonamides is 1. The molecule has 0 bridgehead atoms. The van der Waals surface area contributed by atoms with Crippen LogP contribution >= 0.6 is 0 Å². The molecule has 10 nitrogen and oxygen atoms in total. The Hall–Kier alpha value is -3.70. The van der Waals surface area contributed by atoms with Crippen molar-refractivity contribution in [3.63, 3.8) is 0 Å². The van der Waals surface area contributed by atoms with Gasteiger partial charge in [-0.2, -0.15) is 0 Å². The van der Waals surface area contributed by atoms with Crippen LogP contribution < -0.4 is 20.6 Å². The van der Waals surface area contributed by atoms with Crippen molar-refractivity contribution in [2.45, 2.75) is 31.2 Å². The van der Waals surface area contributed by atoms with Crippen molar-refractivity contribution in [2.24, 2.45) is 5.73 Å². The van der Waals surface area contributed by atoms with Gasteiger partial charge in [-0.3, -0.25) is 20.0 Å². The number of amides is 2. The highest BCUT2D eigenvalue weighted by Gasteiger charge is 2.30. The summed E-state index contributed by atoms with van der Waals surface area (Å²) in [7, 11) is -2.59. The second kappa shape index (κ2) is 10.5. The Balaban J connectivity index is 1.64. The normalized spacial score (nSPS) is 14.2. The van der Waals surface area contributed by atoms with Gasteiger partial charge in [-0.05, 0) is 31.0 Å². The number of nitrogens with zero attached hydrogens (tertiary/aromatic N) is 1. The molecule has 2 aromatic rings. The van der Waals surface area contributed by atoms with E-state index < -0.39 is 15.9 Å². The number of benzene rings is 2. The maximum absolute atomic E-state index is 13.0. The zero-order valence-corrected chi connectivity index (χ0v) is 19.7. The Labute approximate surface area is 198 Å². The average Bonchev–Trinajstić information content (AvgIpc) is 2.82. The number of carbonyl (C=O) groups excluding carboxylic acids is 2. The van der Waals surface area contributed by atoms with Crippen molar-refractivity contribution in [1.82, 2.24) is 15.2 Å². The summed E-state index contributed by atoms with van der Waals surface area (Å²) in [6.07, 6.45) is 0.259. The molecule has 34 heavy (non-hydrogen) atoms. The number of hydrazine groups is 1. The predicted octanol–water partition coefficient (Wildman–Crippen LogP) is 1.43. The summed E-state index contributed by atoms with van der Waals surface area (Å²) in [4.78, 5) is 27.8. The first kappa shape index (κ1) is 24.9. The van der Waals surface area contributed by atoms with Gasteiger partial charge in [-0.15, -0.1) is 4.83 Å². The monoisotopic (exact) mass is 485 g/mol. The van der Waals surface area contributed by atoms with E-state index in [2.05, 4.69) is 10.1 Å². The van der Waals surface area contributed by atoms with E-state index in [0.717, 1.165) is 16.1 Å². The number of nitrogens with two attached hydrogens (primary N) is 1. The van der Waals surface area contributed by atoms with Crippen LogP contribution in [0.2, 0.25) is 0 Å². The summed E-state index contributed by atoms with van der Waals surface area (Å²) in [5, 5.41) is 11.2. The molecule has 0 spiro atoms. The zero-order valence-electron chi connectivity index (χ0n) is 18.9. The van der Waals surface area contributed by atoms with E-state index >= 15 is 0 Å². The van der Waals surface area contributed by atoms with Gasteiger partial charge in [0.05, 0.1) is 18.4 Å². The lowest BCUT2D eigenvalue weighted by molar-refractivity contribution is -0.131. The SMILES string of the molecule is COc1cccc(S(=O)(=O)NN2CCC(C)=C(CC(=O)NCc3ccc(C(=N)N)cc3)C2=O)c1. The molecule has 11 heteroatoms. The molecule has 0 fully saturated rings. The molecule has 0 saturated carbocycles. The number of nitrogens with one attached hydrogen (secondary N) is 3. The number of hydrogen-bond donors (Lipinski definition) is 4. The molecule has 1 aliphatic heterocycles. The minimum absolute atomic E-state index is 0.0407. The molecule has 1 aliphatic rings. The fourth-order valence-electron chi connectivity index (χ4n) is 3.38. The fourth-order valence-corrected chi connectivity index (χ4v) is 4.48. The van der Waals surface area contributed by atoms with Crippen LogP contribution in [-0.2, 0) is 26.2 Å². The van der Waals surface area contributed by atoms with Crippen LogP contribution in [0.3, 0.4) is 0 Å². The predicted molar refractivity (Wildman–Crippen MR) is 126 cm³/mol. The van der Waals surface area contributed by atoms with Gasteiger partial charge in [0, 0.05) is 30.3 Å². The first-order chi connectivity index (χ1) is 16.1. The maximum atomic E-state index is 13.0. The molecule has 0 unspecified atom stereocenters. The lowest BCUT2D eigenvalue weighted by Gasteiger charge is -2.29. The van der Waals surface area contributed by atoms with Crippen LogP contribution in [0.4, 0.5) is 0 Å². The quantitative estimate of drug-likeness (QED) is 0.311. The van der Waals surface area contributed by atoms with Gasteiger partial charge in [-0.1, -0.05) is 35.9 Å². The van der Waals surface area contributed by atoms with Crippen LogP contribution in [-0.4, -0.2) is 44.7 Å². The highest BCUT2D eigenvalue weighted by molar-refractivity contribution is 7.89. The Morgan fingerprint density at radius 2 is 1.91 bits per heavy atom. The van der Waals surface area contributed by atoms with Crippen LogP contribution in [0, 0.1) is 5.41 Å². The Morgan fingerprint density at radius 1 is 1.21 bits per heavy atom. The zero-order chi connectivity index (χ0) is 24.9. The van der Waals surface area contributed by atoms with Gasteiger partial charge in [0.2, 0.25) is 5.91 Å². The van der Waals surface area contributed by atoms with Gasteiger partial charge in [0.15, 0.2) is 0 Å². The lowest BCUT2D eigenvalue weighted by Crippen LogP contribution is -2.49. The number of rotatable bonds is 9. The van der Waals surface area contributed by atoms with E-state index in [9.17, 15) is 18.0 Å². The van der Waals surface area contributed by atoms with Crippen molar-refractivity contribution < 1.29 is 22.7 Å². The van der Waals surface area contributed by atoms with Crippen molar-refractivity contribution in [3.05, 3.63) is 70.8 Å². The molecule has 2 amide bonds. The molecule has 2 aromatic carbocycles. The largest absolute Gasteiger partial charge is 0.497 e. The van der Waals surface area contributed by atoms with E-state index in [1.54, 1.807) is 43.3 Å². The summed E-state index contributed by atoms with van der Waals surface area (Å²) in [6.45, 7) is 2.15. The minimum Gasteiger partial charge on any atom is -0.497 e. The molecule has 0 atom stereocenters. The van der Waals surface area contributed by atoms with Crippen molar-refractivity contribution in [1.29, 1.82) is 5.41 Å². The third kappa shape index (κ3) is 6.00. The topological polar surface area (TPSA) is 155 Å².